The van der Waals surface area contributed by atoms with Crippen LogP contribution in [0.25, 0.3) is 0 Å². The Bertz CT molecular complexity index is 72.8. The normalized spacial score (nSPS) is 8.62. The van der Waals surface area contributed by atoms with Gasteiger partial charge in [0.2, 0.25) is 0 Å². The van der Waals surface area contributed by atoms with Gasteiger partial charge in [-0.2, -0.15) is 0 Å². The van der Waals surface area contributed by atoms with Crippen molar-refractivity contribution in [1.29, 1.82) is 0 Å². The summed E-state index contributed by atoms with van der Waals surface area (Å²) >= 11 is 0. The lowest BCUT2D eigenvalue weighted by Gasteiger charge is -1.93. The van der Waals surface area contributed by atoms with Gasteiger partial charge >= 0.3 is 6.09 Å². The summed E-state index contributed by atoms with van der Waals surface area (Å²) in [4.78, 5) is 9.73. The summed E-state index contributed by atoms with van der Waals surface area (Å²) in [6.45, 7) is 3.52. The first-order chi connectivity index (χ1) is 3.77. The highest BCUT2D eigenvalue weighted by Crippen LogP contribution is 1.86. The molecule has 0 heterocycles. The van der Waals surface area contributed by atoms with E-state index in [0.29, 0.717) is 0 Å². The zero-order chi connectivity index (χ0) is 6.41. The molecule has 0 aliphatic carbocycles. The van der Waals surface area contributed by atoms with Crippen molar-refractivity contribution in [3.8, 4) is 0 Å². The summed E-state index contributed by atoms with van der Waals surface area (Å²) in [7, 11) is 0. The minimum atomic E-state index is -0.988. The number of rotatable bonds is 3. The van der Waals surface area contributed by atoms with Crippen molar-refractivity contribution in [2.24, 2.45) is 0 Å². The van der Waals surface area contributed by atoms with Crippen LogP contribution in [0.15, 0.2) is 0 Å². The van der Waals surface area contributed by atoms with E-state index in [4.69, 9.17) is 5.11 Å². The van der Waals surface area contributed by atoms with Gasteiger partial charge in [0.1, 0.15) is 0 Å². The Morgan fingerprint density at radius 3 is 2.88 bits per heavy atom. The summed E-state index contributed by atoms with van der Waals surface area (Å²) in [5, 5.41) is 10.1. The van der Waals surface area contributed by atoms with Crippen LogP contribution in [-0.2, 0) is 0 Å². The maximum atomic E-state index is 9.73. The molecule has 8 heavy (non-hydrogen) atoms. The molecule has 0 fully saturated rings. The van der Waals surface area contributed by atoms with Gasteiger partial charge < -0.3 is 10.4 Å². The van der Waals surface area contributed by atoms with Crippen molar-refractivity contribution in [3.05, 3.63) is 6.54 Å². The van der Waals surface area contributed by atoms with E-state index in [1.165, 1.54) is 6.54 Å². The van der Waals surface area contributed by atoms with E-state index in [0.717, 1.165) is 12.8 Å². The predicted molar refractivity (Wildman–Crippen MR) is 30.4 cm³/mol. The van der Waals surface area contributed by atoms with Gasteiger partial charge in [-0.15, -0.1) is 0 Å². The molecule has 3 heteroatoms. The lowest BCUT2D eigenvalue weighted by molar-refractivity contribution is 0.197. The summed E-state index contributed by atoms with van der Waals surface area (Å²) in [5.74, 6) is 0. The topological polar surface area (TPSA) is 49.3 Å². The van der Waals surface area contributed by atoms with Crippen LogP contribution in [0.2, 0.25) is 0 Å². The molecule has 0 aromatic rings. The third-order valence-corrected chi connectivity index (χ3v) is 0.659. The molecule has 0 bridgehead atoms. The molecule has 1 amide bonds. The van der Waals surface area contributed by atoms with Gasteiger partial charge in [-0.3, -0.25) is 0 Å². The first-order valence-electron chi connectivity index (χ1n) is 2.58. The van der Waals surface area contributed by atoms with Gasteiger partial charge in [-0.05, 0) is 6.42 Å². The van der Waals surface area contributed by atoms with Crippen LogP contribution >= 0.6 is 0 Å². The highest BCUT2D eigenvalue weighted by Gasteiger charge is 1.89. The van der Waals surface area contributed by atoms with E-state index in [9.17, 15) is 4.79 Å². The minimum absolute atomic E-state index is 0.798. The van der Waals surface area contributed by atoms with Gasteiger partial charge in [0.25, 0.3) is 0 Å². The molecule has 0 aliphatic heterocycles. The third-order valence-electron chi connectivity index (χ3n) is 0.659. The largest absolute Gasteiger partial charge is 0.465 e. The summed E-state index contributed by atoms with van der Waals surface area (Å²) in [6, 6.07) is 0. The smallest absolute Gasteiger partial charge is 0.404 e. The van der Waals surface area contributed by atoms with E-state index in [1.807, 2.05) is 6.92 Å². The van der Waals surface area contributed by atoms with Crippen LogP contribution < -0.4 is 5.32 Å². The minimum Gasteiger partial charge on any atom is -0.465 e. The maximum absolute atomic E-state index is 9.73. The second kappa shape index (κ2) is 4.43. The molecule has 0 aromatic carbocycles. The molecule has 0 saturated heterocycles. The molecule has 1 radical (unpaired) electrons. The summed E-state index contributed by atoms with van der Waals surface area (Å²) in [5.41, 5.74) is 0. The summed E-state index contributed by atoms with van der Waals surface area (Å²) in [6.07, 6.45) is 0.783. The molecule has 0 aromatic heterocycles. The molecule has 0 spiro atoms. The molecule has 0 rings (SSSR count). The van der Waals surface area contributed by atoms with Crippen molar-refractivity contribution >= 4 is 6.09 Å². The number of unbranched alkanes of at least 4 members (excludes halogenated alkanes) is 1. The van der Waals surface area contributed by atoms with Crippen LogP contribution in [0.3, 0.4) is 0 Å². The van der Waals surface area contributed by atoms with Crippen molar-refractivity contribution in [2.45, 2.75) is 19.8 Å². The SMILES string of the molecule is CCC[CH]NC(=O)O. The van der Waals surface area contributed by atoms with E-state index in [1.54, 1.807) is 0 Å². The number of hydrogen-bond acceptors (Lipinski definition) is 1. The maximum Gasteiger partial charge on any atom is 0.404 e. The molecule has 0 aliphatic rings. The predicted octanol–water partition coefficient (Wildman–Crippen LogP) is 1.22. The molecular weight excluding hydrogens is 106 g/mol. The van der Waals surface area contributed by atoms with Gasteiger partial charge in [-0.25, -0.2) is 4.79 Å². The van der Waals surface area contributed by atoms with Crippen LogP contribution in [0.1, 0.15) is 19.8 Å². The molecular formula is C5H10NO2. The fraction of sp³-hybridized carbons (Fsp3) is 0.600. The van der Waals surface area contributed by atoms with E-state index >= 15 is 0 Å². The third kappa shape index (κ3) is 5.27. The fourth-order valence-corrected chi connectivity index (χ4v) is 0.304. The van der Waals surface area contributed by atoms with Gasteiger partial charge in [0.15, 0.2) is 0 Å². The van der Waals surface area contributed by atoms with Crippen molar-refractivity contribution in [2.75, 3.05) is 0 Å². The second-order valence-electron chi connectivity index (χ2n) is 1.44. The molecule has 0 saturated carbocycles. The lowest BCUT2D eigenvalue weighted by atomic mass is 10.3. The molecule has 0 unspecified atom stereocenters. The second-order valence-corrected chi connectivity index (χ2v) is 1.44. The van der Waals surface area contributed by atoms with Crippen LogP contribution in [0.4, 0.5) is 4.79 Å². The van der Waals surface area contributed by atoms with E-state index < -0.39 is 6.09 Å². The van der Waals surface area contributed by atoms with Crippen LogP contribution in [0, 0.1) is 6.54 Å². The van der Waals surface area contributed by atoms with E-state index in [-0.39, 0.29) is 0 Å². The fourth-order valence-electron chi connectivity index (χ4n) is 0.304. The molecule has 47 valence electrons. The molecule has 2 N–H and O–H groups in total. The molecule has 3 nitrogen and oxygen atoms in total. The highest BCUT2D eigenvalue weighted by atomic mass is 16.4. The monoisotopic (exact) mass is 116 g/mol. The Kier molecular flexibility index (Phi) is 4.03. The standard InChI is InChI=1S/C5H10NO2/c1-2-3-4-6-5(7)8/h4,6H,2-3H2,1H3,(H,7,8). The van der Waals surface area contributed by atoms with Gasteiger partial charge in [0, 0.05) is 0 Å². The Balaban J connectivity index is 2.82. The number of carboxylic acid groups (broad SMARTS) is 1. The number of amides is 1. The average molecular weight is 116 g/mol. The lowest BCUT2D eigenvalue weighted by Crippen LogP contribution is -2.16. The number of nitrogens with one attached hydrogen (secondary N) is 1. The van der Waals surface area contributed by atoms with Gasteiger partial charge in [-0.1, -0.05) is 13.3 Å². The Labute approximate surface area is 48.7 Å². The number of carbonyl (C=O) groups is 1. The zero-order valence-electron chi connectivity index (χ0n) is 4.85. The quantitative estimate of drug-likeness (QED) is 0.544. The van der Waals surface area contributed by atoms with E-state index in [2.05, 4.69) is 5.32 Å². The van der Waals surface area contributed by atoms with Crippen molar-refractivity contribution in [3.63, 3.8) is 0 Å². The Hall–Kier alpha value is -0.730. The first-order valence-corrected chi connectivity index (χ1v) is 2.58. The number of hydrogen-bond donors (Lipinski definition) is 2. The van der Waals surface area contributed by atoms with Gasteiger partial charge in [0.05, 0.1) is 6.54 Å². The summed E-state index contributed by atoms with van der Waals surface area (Å²) < 4.78 is 0. The van der Waals surface area contributed by atoms with Crippen LogP contribution in [0.5, 0.6) is 0 Å². The zero-order valence-corrected chi connectivity index (χ0v) is 4.85. The Morgan fingerprint density at radius 1 is 1.88 bits per heavy atom. The highest BCUT2D eigenvalue weighted by molar-refractivity contribution is 5.65. The van der Waals surface area contributed by atoms with Crippen molar-refractivity contribution < 1.29 is 9.90 Å². The van der Waals surface area contributed by atoms with Crippen molar-refractivity contribution in [1.82, 2.24) is 5.32 Å². The Morgan fingerprint density at radius 2 is 2.50 bits per heavy atom. The van der Waals surface area contributed by atoms with Crippen LogP contribution in [-0.4, -0.2) is 11.2 Å². The molecule has 0 atom stereocenters. The first kappa shape index (κ1) is 7.27. The average Bonchev–Trinajstić information content (AvgIpc) is 1.66.